The number of halogens is 1. The van der Waals surface area contributed by atoms with Crippen molar-refractivity contribution < 1.29 is 9.18 Å². The molecule has 0 bridgehead atoms. The van der Waals surface area contributed by atoms with Crippen molar-refractivity contribution >= 4 is 40.6 Å². The predicted molar refractivity (Wildman–Crippen MR) is 73.1 cm³/mol. The van der Waals surface area contributed by atoms with Crippen LogP contribution in [0.5, 0.6) is 0 Å². The molecule has 2 aromatic rings. The van der Waals surface area contributed by atoms with E-state index in [1.807, 2.05) is 6.26 Å². The fraction of sp³-hybridized carbons (Fsp3) is 0.182. The minimum atomic E-state index is -0.340. The van der Waals surface area contributed by atoms with Crippen LogP contribution in [0.4, 0.5) is 4.39 Å². The van der Waals surface area contributed by atoms with E-state index in [-0.39, 0.29) is 17.4 Å². The molecule has 0 aliphatic heterocycles. The lowest BCUT2D eigenvalue weighted by atomic mass is 10.1. The van der Waals surface area contributed by atoms with E-state index in [0.717, 1.165) is 8.68 Å². The van der Waals surface area contributed by atoms with Crippen LogP contribution < -0.4 is 0 Å². The molecule has 0 unspecified atom stereocenters. The molecule has 0 saturated heterocycles. The van der Waals surface area contributed by atoms with E-state index < -0.39 is 0 Å². The zero-order valence-electron chi connectivity index (χ0n) is 9.42. The Morgan fingerprint density at radius 3 is 2.56 bits per heavy atom. The number of benzene rings is 1. The maximum Gasteiger partial charge on any atom is 0.175 e. The molecule has 0 radical (unpaired) electrons. The first-order valence-corrected chi connectivity index (χ1v) is 8.01. The summed E-state index contributed by atoms with van der Waals surface area (Å²) in [5, 5.41) is 7.91. The maximum absolute atomic E-state index is 12.7. The highest BCUT2D eigenvalue weighted by Gasteiger charge is 2.09. The third kappa shape index (κ3) is 3.54. The van der Waals surface area contributed by atoms with Crippen molar-refractivity contribution in [2.45, 2.75) is 8.68 Å². The van der Waals surface area contributed by atoms with Gasteiger partial charge in [0, 0.05) is 5.56 Å². The Morgan fingerprint density at radius 1 is 1.28 bits per heavy atom. The second-order valence-corrected chi connectivity index (χ2v) is 6.51. The highest BCUT2D eigenvalue weighted by atomic mass is 32.2. The number of hydrogen-bond donors (Lipinski definition) is 0. The molecule has 0 spiro atoms. The van der Waals surface area contributed by atoms with Gasteiger partial charge < -0.3 is 0 Å². The molecule has 1 aromatic carbocycles. The van der Waals surface area contributed by atoms with Gasteiger partial charge in [-0.1, -0.05) is 34.9 Å². The zero-order valence-corrected chi connectivity index (χ0v) is 11.9. The molecule has 94 valence electrons. The molecule has 0 aliphatic carbocycles. The summed E-state index contributed by atoms with van der Waals surface area (Å²) in [5.74, 6) is -0.0943. The first-order chi connectivity index (χ1) is 8.69. The number of rotatable bonds is 5. The van der Waals surface area contributed by atoms with Crippen molar-refractivity contribution in [3.63, 3.8) is 0 Å². The molecule has 0 aliphatic rings. The van der Waals surface area contributed by atoms with E-state index in [1.165, 1.54) is 59.1 Å². The maximum atomic E-state index is 12.7. The lowest BCUT2D eigenvalue weighted by Gasteiger charge is -1.98. The summed E-state index contributed by atoms with van der Waals surface area (Å²) in [4.78, 5) is 11.8. The highest BCUT2D eigenvalue weighted by molar-refractivity contribution is 8.03. The van der Waals surface area contributed by atoms with Crippen LogP contribution >= 0.6 is 34.9 Å². The number of Topliss-reactive ketones (excluding diaryl/α,β-unsaturated/α-hetero) is 1. The smallest absolute Gasteiger partial charge is 0.175 e. The Labute approximate surface area is 116 Å². The van der Waals surface area contributed by atoms with Gasteiger partial charge in [0.15, 0.2) is 14.5 Å². The third-order valence-corrected chi connectivity index (χ3v) is 5.09. The molecule has 0 atom stereocenters. The first kappa shape index (κ1) is 13.5. The molecule has 0 N–H and O–H groups in total. The van der Waals surface area contributed by atoms with E-state index >= 15 is 0 Å². The van der Waals surface area contributed by atoms with Crippen LogP contribution in [0.1, 0.15) is 10.4 Å². The molecule has 0 fully saturated rings. The van der Waals surface area contributed by atoms with Crippen molar-refractivity contribution in [3.8, 4) is 0 Å². The summed E-state index contributed by atoms with van der Waals surface area (Å²) in [6.07, 6.45) is 1.93. The summed E-state index contributed by atoms with van der Waals surface area (Å²) < 4.78 is 14.4. The van der Waals surface area contributed by atoms with Gasteiger partial charge in [0.1, 0.15) is 5.82 Å². The largest absolute Gasteiger partial charge is 0.293 e. The van der Waals surface area contributed by atoms with Crippen LogP contribution in [-0.2, 0) is 0 Å². The second-order valence-electron chi connectivity index (χ2n) is 3.26. The first-order valence-electron chi connectivity index (χ1n) is 4.98. The highest BCUT2D eigenvalue weighted by Crippen LogP contribution is 2.27. The molecule has 2 rings (SSSR count). The van der Waals surface area contributed by atoms with Crippen LogP contribution in [0.3, 0.4) is 0 Å². The minimum absolute atomic E-state index is 0.0408. The quantitative estimate of drug-likeness (QED) is 0.625. The topological polar surface area (TPSA) is 42.9 Å². The Hall–Kier alpha value is -0.920. The van der Waals surface area contributed by atoms with Gasteiger partial charge in [-0.25, -0.2) is 4.39 Å². The molecule has 0 saturated carbocycles. The normalized spacial score (nSPS) is 10.6. The summed E-state index contributed by atoms with van der Waals surface area (Å²) in [5.41, 5.74) is 0.513. The van der Waals surface area contributed by atoms with E-state index in [4.69, 9.17) is 0 Å². The lowest BCUT2D eigenvalue weighted by Crippen LogP contribution is -2.01. The summed E-state index contributed by atoms with van der Waals surface area (Å²) in [6.45, 7) is 0. The molecule has 7 heteroatoms. The number of hydrogen-bond acceptors (Lipinski definition) is 6. The van der Waals surface area contributed by atoms with Gasteiger partial charge in [-0.05, 0) is 30.5 Å². The number of ketones is 1. The van der Waals surface area contributed by atoms with Gasteiger partial charge in [0.25, 0.3) is 0 Å². The summed E-state index contributed by atoms with van der Waals surface area (Å²) >= 11 is 4.34. The van der Waals surface area contributed by atoms with Crippen LogP contribution in [0.25, 0.3) is 0 Å². The number of carbonyl (C=O) groups is 1. The molecule has 1 aromatic heterocycles. The number of nitrogens with zero attached hydrogens (tertiary/aromatic N) is 2. The molecule has 3 nitrogen and oxygen atoms in total. The predicted octanol–water partition coefficient (Wildman–Crippen LogP) is 3.37. The second kappa shape index (κ2) is 6.31. The van der Waals surface area contributed by atoms with Crippen molar-refractivity contribution in [2.24, 2.45) is 0 Å². The average molecular weight is 300 g/mol. The van der Waals surface area contributed by atoms with Crippen LogP contribution in [0.15, 0.2) is 32.9 Å². The van der Waals surface area contributed by atoms with Crippen molar-refractivity contribution in [2.75, 3.05) is 12.0 Å². The zero-order chi connectivity index (χ0) is 13.0. The molecule has 1 heterocycles. The van der Waals surface area contributed by atoms with Gasteiger partial charge in [0.2, 0.25) is 0 Å². The summed E-state index contributed by atoms with van der Waals surface area (Å²) in [7, 11) is 0. The monoisotopic (exact) mass is 300 g/mol. The van der Waals surface area contributed by atoms with E-state index in [9.17, 15) is 9.18 Å². The summed E-state index contributed by atoms with van der Waals surface area (Å²) in [6, 6.07) is 5.56. The van der Waals surface area contributed by atoms with Gasteiger partial charge in [-0.15, -0.1) is 10.2 Å². The van der Waals surface area contributed by atoms with Gasteiger partial charge in [0.05, 0.1) is 5.75 Å². The van der Waals surface area contributed by atoms with Crippen LogP contribution in [0.2, 0.25) is 0 Å². The number of carbonyl (C=O) groups excluding carboxylic acids is 1. The van der Waals surface area contributed by atoms with Gasteiger partial charge >= 0.3 is 0 Å². The fourth-order valence-electron chi connectivity index (χ4n) is 1.18. The Morgan fingerprint density at radius 2 is 1.94 bits per heavy atom. The van der Waals surface area contributed by atoms with Crippen molar-refractivity contribution in [1.29, 1.82) is 0 Å². The molecule has 18 heavy (non-hydrogen) atoms. The van der Waals surface area contributed by atoms with Crippen molar-refractivity contribution in [1.82, 2.24) is 10.2 Å². The van der Waals surface area contributed by atoms with Gasteiger partial charge in [-0.2, -0.15) is 0 Å². The SMILES string of the molecule is CSc1nnc(SCC(=O)c2ccc(F)cc2)s1. The lowest BCUT2D eigenvalue weighted by molar-refractivity contribution is 0.102. The standard InChI is InChI=1S/C11H9FN2OS3/c1-16-10-13-14-11(18-10)17-6-9(15)7-2-4-8(12)5-3-7/h2-5H,6H2,1H3. The Bertz CT molecular complexity index is 541. The molecular formula is C11H9FN2OS3. The van der Waals surface area contributed by atoms with Crippen LogP contribution in [-0.4, -0.2) is 28.0 Å². The van der Waals surface area contributed by atoms with Crippen molar-refractivity contribution in [3.05, 3.63) is 35.6 Å². The number of thioether (sulfide) groups is 2. The van der Waals surface area contributed by atoms with Crippen LogP contribution in [0, 0.1) is 5.82 Å². The average Bonchev–Trinajstić information content (AvgIpc) is 2.85. The van der Waals surface area contributed by atoms with Gasteiger partial charge in [-0.3, -0.25) is 4.79 Å². The third-order valence-electron chi connectivity index (χ3n) is 2.06. The van der Waals surface area contributed by atoms with E-state index in [0.29, 0.717) is 5.56 Å². The minimum Gasteiger partial charge on any atom is -0.293 e. The molecular weight excluding hydrogens is 291 g/mol. The Balaban J connectivity index is 1.93. The molecule has 0 amide bonds. The fourth-order valence-corrected chi connectivity index (χ4v) is 3.52. The van der Waals surface area contributed by atoms with E-state index in [2.05, 4.69) is 10.2 Å². The number of aromatic nitrogens is 2. The Kier molecular flexibility index (Phi) is 4.73. The van der Waals surface area contributed by atoms with E-state index in [1.54, 1.807) is 0 Å².